The summed E-state index contributed by atoms with van der Waals surface area (Å²) in [6, 6.07) is 8.95. The van der Waals surface area contributed by atoms with Crippen molar-refractivity contribution in [2.45, 2.75) is 37.5 Å². The molecule has 1 aromatic carbocycles. The third kappa shape index (κ3) is 4.59. The number of sulfonamides is 1. The summed E-state index contributed by atoms with van der Waals surface area (Å²) in [4.78, 5) is 11.0. The van der Waals surface area contributed by atoms with Crippen LogP contribution >= 0.6 is 0 Å². The van der Waals surface area contributed by atoms with E-state index in [2.05, 4.69) is 33.4 Å². The van der Waals surface area contributed by atoms with Gasteiger partial charge in [-0.25, -0.2) is 23.1 Å². The number of anilines is 1. The van der Waals surface area contributed by atoms with Crippen molar-refractivity contribution in [2.24, 2.45) is 5.92 Å². The Morgan fingerprint density at radius 1 is 1.12 bits per heavy atom. The predicted molar refractivity (Wildman–Crippen MR) is 103 cm³/mol. The number of piperidine rings is 1. The lowest BCUT2D eigenvalue weighted by Gasteiger charge is -2.31. The van der Waals surface area contributed by atoms with E-state index in [1.807, 2.05) is 12.1 Å². The molecule has 3 rings (SSSR count). The Labute approximate surface area is 155 Å². The lowest BCUT2D eigenvalue weighted by atomic mass is 9.97. The standard InChI is InChI=1S/C19H26N4O2S/c1-15(2)17-4-6-18(7-5-17)26(24,25)22-14-16-8-12-23(13-9-16)19-20-10-3-11-21-19/h3-7,10-11,15-16,22H,8-9,12-14H2,1-2H3. The van der Waals surface area contributed by atoms with Crippen LogP contribution in [-0.2, 0) is 10.0 Å². The molecule has 0 atom stereocenters. The zero-order chi connectivity index (χ0) is 18.6. The van der Waals surface area contributed by atoms with E-state index in [1.165, 1.54) is 0 Å². The average molecular weight is 375 g/mol. The third-order valence-electron chi connectivity index (χ3n) is 4.87. The van der Waals surface area contributed by atoms with Gasteiger partial charge in [-0.3, -0.25) is 0 Å². The van der Waals surface area contributed by atoms with Crippen molar-refractivity contribution in [3.63, 3.8) is 0 Å². The van der Waals surface area contributed by atoms with Crippen molar-refractivity contribution >= 4 is 16.0 Å². The molecule has 2 heterocycles. The molecule has 0 bridgehead atoms. The second-order valence-electron chi connectivity index (χ2n) is 7.05. The summed E-state index contributed by atoms with van der Waals surface area (Å²) in [5.41, 5.74) is 1.14. The molecule has 1 aliphatic heterocycles. The van der Waals surface area contributed by atoms with Gasteiger partial charge in [0.1, 0.15) is 0 Å². The molecule has 0 amide bonds. The zero-order valence-corrected chi connectivity index (χ0v) is 16.1. The van der Waals surface area contributed by atoms with Crippen molar-refractivity contribution in [1.82, 2.24) is 14.7 Å². The summed E-state index contributed by atoms with van der Waals surface area (Å²) in [5, 5.41) is 0. The molecule has 0 spiro atoms. The highest BCUT2D eigenvalue weighted by Crippen LogP contribution is 2.21. The van der Waals surface area contributed by atoms with Crippen LogP contribution in [0.1, 0.15) is 38.2 Å². The van der Waals surface area contributed by atoms with Gasteiger partial charge in [-0.15, -0.1) is 0 Å². The predicted octanol–water partition coefficient (Wildman–Crippen LogP) is 2.79. The van der Waals surface area contributed by atoms with Crippen LogP contribution in [0.25, 0.3) is 0 Å². The molecule has 26 heavy (non-hydrogen) atoms. The summed E-state index contributed by atoms with van der Waals surface area (Å²) < 4.78 is 27.8. The van der Waals surface area contributed by atoms with Crippen LogP contribution in [0.4, 0.5) is 5.95 Å². The van der Waals surface area contributed by atoms with E-state index in [0.29, 0.717) is 23.3 Å². The molecule has 0 radical (unpaired) electrons. The maximum Gasteiger partial charge on any atom is 0.240 e. The van der Waals surface area contributed by atoms with Gasteiger partial charge in [-0.05, 0) is 48.4 Å². The van der Waals surface area contributed by atoms with Crippen molar-refractivity contribution < 1.29 is 8.42 Å². The van der Waals surface area contributed by atoms with Crippen LogP contribution in [0.2, 0.25) is 0 Å². The zero-order valence-electron chi connectivity index (χ0n) is 15.3. The summed E-state index contributed by atoms with van der Waals surface area (Å²) in [7, 11) is -3.46. The molecule has 140 valence electrons. The first-order valence-electron chi connectivity index (χ1n) is 9.07. The number of benzene rings is 1. The summed E-state index contributed by atoms with van der Waals surface area (Å²) in [5.74, 6) is 1.47. The number of rotatable bonds is 6. The second kappa shape index (κ2) is 8.14. The van der Waals surface area contributed by atoms with Crippen LogP contribution in [0.5, 0.6) is 0 Å². The Morgan fingerprint density at radius 3 is 2.31 bits per heavy atom. The quantitative estimate of drug-likeness (QED) is 0.841. The van der Waals surface area contributed by atoms with E-state index in [-0.39, 0.29) is 0 Å². The molecule has 1 aliphatic rings. The first-order chi connectivity index (χ1) is 12.5. The first kappa shape index (κ1) is 18.8. The van der Waals surface area contributed by atoms with Gasteiger partial charge in [-0.1, -0.05) is 26.0 Å². The highest BCUT2D eigenvalue weighted by atomic mass is 32.2. The second-order valence-corrected chi connectivity index (χ2v) is 8.82. The van der Waals surface area contributed by atoms with Gasteiger partial charge >= 0.3 is 0 Å². The Morgan fingerprint density at radius 2 is 1.73 bits per heavy atom. The minimum absolute atomic E-state index is 0.331. The number of hydrogen-bond donors (Lipinski definition) is 1. The average Bonchev–Trinajstić information content (AvgIpc) is 2.67. The van der Waals surface area contributed by atoms with E-state index >= 15 is 0 Å². The van der Waals surface area contributed by atoms with E-state index in [1.54, 1.807) is 30.6 Å². The Balaban J connectivity index is 1.52. The topological polar surface area (TPSA) is 75.2 Å². The molecule has 0 unspecified atom stereocenters. The fraction of sp³-hybridized carbons (Fsp3) is 0.474. The number of hydrogen-bond acceptors (Lipinski definition) is 5. The van der Waals surface area contributed by atoms with Crippen LogP contribution in [0, 0.1) is 5.92 Å². The van der Waals surface area contributed by atoms with Gasteiger partial charge < -0.3 is 4.90 Å². The van der Waals surface area contributed by atoms with E-state index < -0.39 is 10.0 Å². The fourth-order valence-electron chi connectivity index (χ4n) is 3.13. The largest absolute Gasteiger partial charge is 0.341 e. The minimum Gasteiger partial charge on any atom is -0.341 e. The Hall–Kier alpha value is -1.99. The van der Waals surface area contributed by atoms with Gasteiger partial charge in [0.2, 0.25) is 16.0 Å². The summed E-state index contributed by atoms with van der Waals surface area (Å²) >= 11 is 0. The molecule has 1 fully saturated rings. The van der Waals surface area contributed by atoms with Gasteiger partial charge in [0.15, 0.2) is 0 Å². The van der Waals surface area contributed by atoms with Crippen LogP contribution in [0.15, 0.2) is 47.6 Å². The summed E-state index contributed by atoms with van der Waals surface area (Å²) in [6.45, 7) is 6.35. The van der Waals surface area contributed by atoms with E-state index in [0.717, 1.165) is 37.4 Å². The van der Waals surface area contributed by atoms with Gasteiger partial charge in [0.05, 0.1) is 4.90 Å². The van der Waals surface area contributed by atoms with Crippen LogP contribution in [-0.4, -0.2) is 38.0 Å². The molecule has 7 heteroatoms. The van der Waals surface area contributed by atoms with Gasteiger partial charge in [0, 0.05) is 32.0 Å². The maximum atomic E-state index is 12.5. The molecular weight excluding hydrogens is 348 g/mol. The normalized spacial score (nSPS) is 16.2. The SMILES string of the molecule is CC(C)c1ccc(S(=O)(=O)NCC2CCN(c3ncccn3)CC2)cc1. The van der Waals surface area contributed by atoms with Gasteiger partial charge in [0.25, 0.3) is 0 Å². The van der Waals surface area contributed by atoms with E-state index in [9.17, 15) is 8.42 Å². The lowest BCUT2D eigenvalue weighted by molar-refractivity contribution is 0.399. The van der Waals surface area contributed by atoms with Crippen molar-refractivity contribution in [1.29, 1.82) is 0 Å². The van der Waals surface area contributed by atoms with Crippen LogP contribution < -0.4 is 9.62 Å². The molecule has 1 aromatic heterocycles. The molecule has 1 N–H and O–H groups in total. The molecule has 2 aromatic rings. The van der Waals surface area contributed by atoms with Gasteiger partial charge in [-0.2, -0.15) is 0 Å². The molecule has 6 nitrogen and oxygen atoms in total. The first-order valence-corrected chi connectivity index (χ1v) is 10.6. The Bertz CT molecular complexity index is 799. The highest BCUT2D eigenvalue weighted by molar-refractivity contribution is 7.89. The Kier molecular flexibility index (Phi) is 5.88. The monoisotopic (exact) mass is 374 g/mol. The smallest absolute Gasteiger partial charge is 0.240 e. The van der Waals surface area contributed by atoms with E-state index in [4.69, 9.17) is 0 Å². The van der Waals surface area contributed by atoms with Crippen molar-refractivity contribution in [2.75, 3.05) is 24.5 Å². The summed E-state index contributed by atoms with van der Waals surface area (Å²) in [6.07, 6.45) is 5.33. The maximum absolute atomic E-state index is 12.5. The third-order valence-corrected chi connectivity index (χ3v) is 6.31. The number of aromatic nitrogens is 2. The molecule has 0 saturated carbocycles. The molecule has 0 aliphatic carbocycles. The number of nitrogens with one attached hydrogen (secondary N) is 1. The van der Waals surface area contributed by atoms with Crippen molar-refractivity contribution in [3.8, 4) is 0 Å². The molecular formula is C19H26N4O2S. The highest BCUT2D eigenvalue weighted by Gasteiger charge is 2.23. The molecule has 1 saturated heterocycles. The number of nitrogens with zero attached hydrogens (tertiary/aromatic N) is 3. The van der Waals surface area contributed by atoms with Crippen LogP contribution in [0.3, 0.4) is 0 Å². The lowest BCUT2D eigenvalue weighted by Crippen LogP contribution is -2.39. The fourth-order valence-corrected chi connectivity index (χ4v) is 4.25. The van der Waals surface area contributed by atoms with Crippen molar-refractivity contribution in [3.05, 3.63) is 48.3 Å². The minimum atomic E-state index is -3.46.